The summed E-state index contributed by atoms with van der Waals surface area (Å²) >= 11 is 0. The SMILES string of the molecule is CCN(C)C(=O)C(C)NCC(=O)NC(C)C. The first kappa shape index (κ1) is 14.9. The fourth-order valence-corrected chi connectivity index (χ4v) is 1.19. The van der Waals surface area contributed by atoms with Gasteiger partial charge in [-0.05, 0) is 27.7 Å². The van der Waals surface area contributed by atoms with Gasteiger partial charge in [0.1, 0.15) is 0 Å². The quantitative estimate of drug-likeness (QED) is 0.672. The van der Waals surface area contributed by atoms with Crippen LogP contribution in [0.15, 0.2) is 0 Å². The highest BCUT2D eigenvalue weighted by Gasteiger charge is 2.16. The molecule has 5 nitrogen and oxygen atoms in total. The molecule has 0 spiro atoms. The predicted octanol–water partition coefficient (Wildman–Crippen LogP) is -0.0326. The van der Waals surface area contributed by atoms with E-state index in [1.165, 1.54) is 0 Å². The van der Waals surface area contributed by atoms with Crippen LogP contribution in [0.5, 0.6) is 0 Å². The van der Waals surface area contributed by atoms with Crippen molar-refractivity contribution in [3.05, 3.63) is 0 Å². The normalized spacial score (nSPS) is 12.4. The second-order valence-electron chi connectivity index (χ2n) is 4.18. The van der Waals surface area contributed by atoms with Crippen LogP contribution in [-0.4, -0.2) is 48.9 Å². The van der Waals surface area contributed by atoms with Gasteiger partial charge >= 0.3 is 0 Å². The first-order chi connectivity index (χ1) is 7.38. The van der Waals surface area contributed by atoms with Gasteiger partial charge in [0.25, 0.3) is 0 Å². The third kappa shape index (κ3) is 5.70. The average Bonchev–Trinajstić information content (AvgIpc) is 2.22. The van der Waals surface area contributed by atoms with Gasteiger partial charge in [-0.3, -0.25) is 14.9 Å². The Morgan fingerprint density at radius 3 is 2.25 bits per heavy atom. The van der Waals surface area contributed by atoms with E-state index < -0.39 is 0 Å². The van der Waals surface area contributed by atoms with Crippen molar-refractivity contribution in [2.24, 2.45) is 0 Å². The van der Waals surface area contributed by atoms with Crippen LogP contribution in [0.25, 0.3) is 0 Å². The van der Waals surface area contributed by atoms with E-state index in [0.29, 0.717) is 6.54 Å². The Labute approximate surface area is 97.6 Å². The molecule has 1 unspecified atom stereocenters. The van der Waals surface area contributed by atoms with E-state index in [2.05, 4.69) is 10.6 Å². The lowest BCUT2D eigenvalue weighted by Crippen LogP contribution is -2.47. The molecule has 2 amide bonds. The minimum absolute atomic E-state index is 0.000142. The Hall–Kier alpha value is -1.10. The lowest BCUT2D eigenvalue weighted by Gasteiger charge is -2.20. The number of rotatable bonds is 6. The van der Waals surface area contributed by atoms with E-state index in [9.17, 15) is 9.59 Å². The standard InChI is InChI=1S/C11H23N3O2/c1-6-14(5)11(16)9(4)12-7-10(15)13-8(2)3/h8-9,12H,6-7H2,1-5H3,(H,13,15). The van der Waals surface area contributed by atoms with Gasteiger partial charge in [0, 0.05) is 19.6 Å². The van der Waals surface area contributed by atoms with E-state index in [0.717, 1.165) is 0 Å². The van der Waals surface area contributed by atoms with Gasteiger partial charge in [-0.2, -0.15) is 0 Å². The summed E-state index contributed by atoms with van der Waals surface area (Å²) in [6, 6.07) is -0.207. The van der Waals surface area contributed by atoms with Gasteiger partial charge in [0.2, 0.25) is 11.8 Å². The molecule has 0 aliphatic heterocycles. The number of nitrogens with one attached hydrogen (secondary N) is 2. The van der Waals surface area contributed by atoms with E-state index in [4.69, 9.17) is 0 Å². The molecular weight excluding hydrogens is 206 g/mol. The molecule has 94 valence electrons. The summed E-state index contributed by atoms with van der Waals surface area (Å²) in [6.07, 6.45) is 0. The smallest absolute Gasteiger partial charge is 0.239 e. The van der Waals surface area contributed by atoms with Gasteiger partial charge in [0.15, 0.2) is 0 Å². The van der Waals surface area contributed by atoms with Crippen LogP contribution in [0, 0.1) is 0 Å². The number of carbonyl (C=O) groups is 2. The maximum absolute atomic E-state index is 11.6. The number of hydrogen-bond donors (Lipinski definition) is 2. The van der Waals surface area contributed by atoms with Crippen LogP contribution >= 0.6 is 0 Å². The molecule has 2 N–H and O–H groups in total. The van der Waals surface area contributed by atoms with Crippen LogP contribution in [-0.2, 0) is 9.59 Å². The second kappa shape index (κ2) is 7.22. The largest absolute Gasteiger partial charge is 0.353 e. The first-order valence-electron chi connectivity index (χ1n) is 5.66. The third-order valence-electron chi connectivity index (χ3n) is 2.24. The van der Waals surface area contributed by atoms with Crippen molar-refractivity contribution in [2.75, 3.05) is 20.1 Å². The highest BCUT2D eigenvalue weighted by atomic mass is 16.2. The second-order valence-corrected chi connectivity index (χ2v) is 4.18. The van der Waals surface area contributed by atoms with Crippen molar-refractivity contribution in [2.45, 2.75) is 39.8 Å². The van der Waals surface area contributed by atoms with E-state index in [1.54, 1.807) is 18.9 Å². The minimum Gasteiger partial charge on any atom is -0.353 e. The maximum Gasteiger partial charge on any atom is 0.239 e. The molecule has 0 saturated carbocycles. The van der Waals surface area contributed by atoms with Crippen molar-refractivity contribution >= 4 is 11.8 Å². The van der Waals surface area contributed by atoms with Crippen LogP contribution < -0.4 is 10.6 Å². The zero-order valence-electron chi connectivity index (χ0n) is 10.8. The summed E-state index contributed by atoms with van der Waals surface area (Å²) in [6.45, 7) is 8.31. The molecule has 0 rings (SSSR count). The number of hydrogen-bond acceptors (Lipinski definition) is 3. The molecule has 0 bridgehead atoms. The molecule has 0 saturated heterocycles. The van der Waals surface area contributed by atoms with Gasteiger partial charge in [-0.25, -0.2) is 0 Å². The van der Waals surface area contributed by atoms with Crippen molar-refractivity contribution < 1.29 is 9.59 Å². The van der Waals surface area contributed by atoms with Crippen LogP contribution in [0.2, 0.25) is 0 Å². The predicted molar refractivity (Wildman–Crippen MR) is 64.1 cm³/mol. The molecule has 0 aliphatic rings. The summed E-state index contributed by atoms with van der Waals surface area (Å²) in [7, 11) is 1.74. The molecule has 0 aliphatic carbocycles. The minimum atomic E-state index is -0.331. The fraction of sp³-hybridized carbons (Fsp3) is 0.818. The molecule has 0 aromatic rings. The summed E-state index contributed by atoms with van der Waals surface area (Å²) < 4.78 is 0. The van der Waals surface area contributed by atoms with Gasteiger partial charge < -0.3 is 10.2 Å². The lowest BCUT2D eigenvalue weighted by atomic mass is 10.3. The molecule has 0 heterocycles. The Morgan fingerprint density at radius 1 is 1.25 bits per heavy atom. The molecule has 16 heavy (non-hydrogen) atoms. The lowest BCUT2D eigenvalue weighted by molar-refractivity contribution is -0.131. The zero-order valence-corrected chi connectivity index (χ0v) is 10.8. The molecule has 1 atom stereocenters. The summed E-state index contributed by atoms with van der Waals surface area (Å²) in [5, 5.41) is 5.65. The van der Waals surface area contributed by atoms with E-state index in [1.807, 2.05) is 20.8 Å². The Bertz CT molecular complexity index is 241. The first-order valence-corrected chi connectivity index (χ1v) is 5.66. The third-order valence-corrected chi connectivity index (χ3v) is 2.24. The number of amides is 2. The molecule has 5 heteroatoms. The molecule has 0 aromatic carbocycles. The van der Waals surface area contributed by atoms with Crippen LogP contribution in [0.3, 0.4) is 0 Å². The Kier molecular flexibility index (Phi) is 6.72. The molecule has 0 aromatic heterocycles. The monoisotopic (exact) mass is 229 g/mol. The highest BCUT2D eigenvalue weighted by molar-refractivity contribution is 5.83. The van der Waals surface area contributed by atoms with E-state index in [-0.39, 0.29) is 30.4 Å². The van der Waals surface area contributed by atoms with Crippen molar-refractivity contribution in [1.82, 2.24) is 15.5 Å². The summed E-state index contributed by atoms with van der Waals surface area (Å²) in [5.74, 6) is -0.0892. The zero-order chi connectivity index (χ0) is 12.7. The van der Waals surface area contributed by atoms with Crippen LogP contribution in [0.4, 0.5) is 0 Å². The van der Waals surface area contributed by atoms with Gasteiger partial charge in [0.05, 0.1) is 12.6 Å². The summed E-state index contributed by atoms with van der Waals surface area (Å²) in [4.78, 5) is 24.6. The molecular formula is C11H23N3O2. The van der Waals surface area contributed by atoms with Crippen molar-refractivity contribution in [3.63, 3.8) is 0 Å². The molecule has 0 radical (unpaired) electrons. The highest BCUT2D eigenvalue weighted by Crippen LogP contribution is 1.90. The van der Waals surface area contributed by atoms with E-state index >= 15 is 0 Å². The maximum atomic E-state index is 11.6. The summed E-state index contributed by atoms with van der Waals surface area (Å²) in [5.41, 5.74) is 0. The number of likely N-dealkylation sites (N-methyl/N-ethyl adjacent to an activating group) is 1. The fourth-order valence-electron chi connectivity index (χ4n) is 1.19. The van der Waals surface area contributed by atoms with Gasteiger partial charge in [-0.1, -0.05) is 0 Å². The number of carbonyl (C=O) groups excluding carboxylic acids is 2. The topological polar surface area (TPSA) is 61.4 Å². The van der Waals surface area contributed by atoms with Gasteiger partial charge in [-0.15, -0.1) is 0 Å². The Balaban J connectivity index is 3.93. The number of nitrogens with zero attached hydrogens (tertiary/aromatic N) is 1. The van der Waals surface area contributed by atoms with Crippen molar-refractivity contribution in [3.8, 4) is 0 Å². The molecule has 0 fully saturated rings. The average molecular weight is 229 g/mol. The van der Waals surface area contributed by atoms with Crippen molar-refractivity contribution in [1.29, 1.82) is 0 Å². The Morgan fingerprint density at radius 2 is 1.81 bits per heavy atom. The van der Waals surface area contributed by atoms with Crippen LogP contribution in [0.1, 0.15) is 27.7 Å².